The van der Waals surface area contributed by atoms with Crippen molar-refractivity contribution in [3.63, 3.8) is 0 Å². The highest BCUT2D eigenvalue weighted by molar-refractivity contribution is 6.24. The average Bonchev–Trinajstić information content (AvgIpc) is 3.40. The molecule has 196 valence electrons. The van der Waals surface area contributed by atoms with Gasteiger partial charge in [-0.25, -0.2) is 4.90 Å². The van der Waals surface area contributed by atoms with Crippen molar-refractivity contribution in [2.45, 2.75) is 38.5 Å². The van der Waals surface area contributed by atoms with Crippen LogP contribution < -0.4 is 19.7 Å². The number of nitrogens with zero attached hydrogens (tertiary/aromatic N) is 1. The minimum atomic E-state index is -1.67. The summed E-state index contributed by atoms with van der Waals surface area (Å²) in [5.74, 6) is -3.37. The van der Waals surface area contributed by atoms with E-state index in [1.165, 1.54) is 14.0 Å². The number of amides is 2. The standard InChI is InChI=1S/C30H30N2O6/c1-4-18-13-15-20(16-14-18)32-27(33)23-24(28(32)34)30(2,29(35)36)31-25(23)21-11-8-12-22(37-3)26(21)38-17-19-9-6-5-7-10-19/h5-16,23-25,31H,4,17H2,1-3H3,(H,35,36). The molecule has 2 amide bonds. The van der Waals surface area contributed by atoms with Gasteiger partial charge in [-0.2, -0.15) is 0 Å². The third-order valence-corrected chi connectivity index (χ3v) is 7.62. The first-order chi connectivity index (χ1) is 18.3. The van der Waals surface area contributed by atoms with Gasteiger partial charge in [0.05, 0.1) is 24.6 Å². The number of benzene rings is 3. The Bertz CT molecular complexity index is 1370. The van der Waals surface area contributed by atoms with E-state index in [0.717, 1.165) is 22.4 Å². The molecule has 2 heterocycles. The number of para-hydroxylation sites is 1. The summed E-state index contributed by atoms with van der Waals surface area (Å²) in [6, 6.07) is 21.3. The first-order valence-electron chi connectivity index (χ1n) is 12.6. The fraction of sp³-hybridized carbons (Fsp3) is 0.300. The van der Waals surface area contributed by atoms with Crippen molar-refractivity contribution in [2.24, 2.45) is 11.8 Å². The number of methoxy groups -OCH3 is 1. The smallest absolute Gasteiger partial charge is 0.324 e. The summed E-state index contributed by atoms with van der Waals surface area (Å²) in [6.45, 7) is 3.73. The van der Waals surface area contributed by atoms with Crippen molar-refractivity contribution in [2.75, 3.05) is 12.0 Å². The molecule has 0 saturated carbocycles. The number of aryl methyl sites for hydroxylation is 1. The fourth-order valence-electron chi connectivity index (χ4n) is 5.56. The van der Waals surface area contributed by atoms with Gasteiger partial charge in [-0.1, -0.05) is 61.5 Å². The monoisotopic (exact) mass is 514 g/mol. The largest absolute Gasteiger partial charge is 0.493 e. The topological polar surface area (TPSA) is 105 Å². The Morgan fingerprint density at radius 1 is 0.974 bits per heavy atom. The third-order valence-electron chi connectivity index (χ3n) is 7.62. The quantitative estimate of drug-likeness (QED) is 0.436. The number of carboxylic acids is 1. The van der Waals surface area contributed by atoms with Crippen molar-refractivity contribution < 1.29 is 29.0 Å². The van der Waals surface area contributed by atoms with E-state index in [9.17, 15) is 19.5 Å². The van der Waals surface area contributed by atoms with E-state index in [1.807, 2.05) is 49.4 Å². The van der Waals surface area contributed by atoms with Crippen LogP contribution in [0.2, 0.25) is 0 Å². The van der Waals surface area contributed by atoms with E-state index in [1.54, 1.807) is 30.3 Å². The van der Waals surface area contributed by atoms with Crippen LogP contribution in [0.5, 0.6) is 11.5 Å². The molecule has 3 aromatic rings. The van der Waals surface area contributed by atoms with Crippen molar-refractivity contribution in [3.8, 4) is 11.5 Å². The Kier molecular flexibility index (Phi) is 6.67. The van der Waals surface area contributed by atoms with Gasteiger partial charge in [-0.05, 0) is 42.7 Å². The zero-order valence-electron chi connectivity index (χ0n) is 21.5. The Labute approximate surface area is 221 Å². The molecular weight excluding hydrogens is 484 g/mol. The van der Waals surface area contributed by atoms with Gasteiger partial charge in [0, 0.05) is 11.6 Å². The summed E-state index contributed by atoms with van der Waals surface area (Å²) in [6.07, 6.45) is 0.818. The first kappa shape index (κ1) is 25.5. The van der Waals surface area contributed by atoms with Gasteiger partial charge in [0.1, 0.15) is 12.1 Å². The Balaban J connectivity index is 1.57. The number of carboxylic acid groups (broad SMARTS) is 1. The molecule has 0 bridgehead atoms. The Morgan fingerprint density at radius 2 is 1.68 bits per heavy atom. The SMILES string of the molecule is CCc1ccc(N2C(=O)C3C(c4cccc(OC)c4OCc4ccccc4)NC(C)(C(=O)O)C3C2=O)cc1. The second kappa shape index (κ2) is 9.95. The molecule has 5 rings (SSSR count). The number of anilines is 1. The summed E-state index contributed by atoms with van der Waals surface area (Å²) in [7, 11) is 1.52. The van der Waals surface area contributed by atoms with E-state index in [2.05, 4.69) is 5.32 Å². The van der Waals surface area contributed by atoms with E-state index >= 15 is 0 Å². The van der Waals surface area contributed by atoms with Gasteiger partial charge < -0.3 is 14.6 Å². The van der Waals surface area contributed by atoms with Gasteiger partial charge >= 0.3 is 5.97 Å². The van der Waals surface area contributed by atoms with E-state index in [4.69, 9.17) is 9.47 Å². The molecule has 8 heteroatoms. The molecule has 0 radical (unpaired) electrons. The normalized spacial score (nSPS) is 24.4. The zero-order chi connectivity index (χ0) is 27.0. The minimum Gasteiger partial charge on any atom is -0.493 e. The van der Waals surface area contributed by atoms with Crippen molar-refractivity contribution in [1.29, 1.82) is 0 Å². The number of carbonyl (C=O) groups excluding carboxylic acids is 2. The molecule has 3 aromatic carbocycles. The van der Waals surface area contributed by atoms with Gasteiger partial charge in [0.15, 0.2) is 11.5 Å². The van der Waals surface area contributed by atoms with Gasteiger partial charge in [0.25, 0.3) is 0 Å². The molecule has 4 atom stereocenters. The first-order valence-corrected chi connectivity index (χ1v) is 12.6. The highest BCUT2D eigenvalue weighted by Gasteiger charge is 2.67. The predicted octanol–water partition coefficient (Wildman–Crippen LogP) is 4.13. The van der Waals surface area contributed by atoms with Gasteiger partial charge in [-0.15, -0.1) is 0 Å². The molecule has 2 saturated heterocycles. The lowest BCUT2D eigenvalue weighted by molar-refractivity contribution is -0.147. The van der Waals surface area contributed by atoms with Crippen molar-refractivity contribution in [1.82, 2.24) is 5.32 Å². The maximum Gasteiger partial charge on any atom is 0.324 e. The predicted molar refractivity (Wildman–Crippen MR) is 141 cm³/mol. The van der Waals surface area contributed by atoms with Gasteiger partial charge in [0.2, 0.25) is 11.8 Å². The molecule has 38 heavy (non-hydrogen) atoms. The number of hydrogen-bond acceptors (Lipinski definition) is 6. The van der Waals surface area contributed by atoms with E-state index in [0.29, 0.717) is 22.7 Å². The summed E-state index contributed by atoms with van der Waals surface area (Å²) in [5.41, 5.74) is 1.33. The van der Waals surface area contributed by atoms with E-state index < -0.39 is 41.2 Å². The van der Waals surface area contributed by atoms with Crippen molar-refractivity contribution >= 4 is 23.5 Å². The second-order valence-corrected chi connectivity index (χ2v) is 9.82. The molecule has 2 N–H and O–H groups in total. The lowest BCUT2D eigenvalue weighted by Gasteiger charge is -2.28. The van der Waals surface area contributed by atoms with Crippen LogP contribution >= 0.6 is 0 Å². The molecular formula is C30H30N2O6. The summed E-state index contributed by atoms with van der Waals surface area (Å²) in [4.78, 5) is 41.3. The maximum absolute atomic E-state index is 13.9. The highest BCUT2D eigenvalue weighted by Crippen LogP contribution is 2.52. The number of aliphatic carboxylic acids is 1. The molecule has 0 aromatic heterocycles. The Morgan fingerprint density at radius 3 is 2.32 bits per heavy atom. The minimum absolute atomic E-state index is 0.244. The molecule has 8 nitrogen and oxygen atoms in total. The van der Waals surface area contributed by atoms with Crippen LogP contribution in [0.4, 0.5) is 5.69 Å². The van der Waals surface area contributed by atoms with Crippen LogP contribution in [0.15, 0.2) is 72.8 Å². The second-order valence-electron chi connectivity index (χ2n) is 9.82. The maximum atomic E-state index is 13.9. The lowest BCUT2D eigenvalue weighted by Crippen LogP contribution is -2.53. The van der Waals surface area contributed by atoms with Crippen molar-refractivity contribution in [3.05, 3.63) is 89.5 Å². The molecule has 2 aliphatic heterocycles. The number of hydrogen-bond donors (Lipinski definition) is 2. The fourth-order valence-corrected chi connectivity index (χ4v) is 5.56. The molecule has 2 aliphatic rings. The lowest BCUT2D eigenvalue weighted by atomic mass is 9.80. The number of nitrogens with one attached hydrogen (secondary N) is 1. The average molecular weight is 515 g/mol. The highest BCUT2D eigenvalue weighted by atomic mass is 16.5. The number of carbonyl (C=O) groups is 3. The molecule has 0 spiro atoms. The number of fused-ring (bicyclic) bond motifs is 1. The molecule has 4 unspecified atom stereocenters. The zero-order valence-corrected chi connectivity index (χ0v) is 21.5. The number of imide groups is 1. The van der Waals surface area contributed by atoms with Crippen LogP contribution in [0.3, 0.4) is 0 Å². The number of ether oxygens (including phenoxy) is 2. The van der Waals surface area contributed by atoms with Crippen LogP contribution in [-0.2, 0) is 27.4 Å². The summed E-state index contributed by atoms with van der Waals surface area (Å²) in [5, 5.41) is 13.4. The molecule has 2 fully saturated rings. The van der Waals surface area contributed by atoms with Crippen LogP contribution in [0.25, 0.3) is 0 Å². The van der Waals surface area contributed by atoms with Crippen LogP contribution in [0.1, 0.15) is 36.6 Å². The van der Waals surface area contributed by atoms with Gasteiger partial charge in [-0.3, -0.25) is 19.7 Å². The number of rotatable bonds is 8. The Hall–Kier alpha value is -4.17. The summed E-state index contributed by atoms with van der Waals surface area (Å²) >= 11 is 0. The van der Waals surface area contributed by atoms with Crippen LogP contribution in [-0.4, -0.2) is 35.5 Å². The molecule has 0 aliphatic carbocycles. The van der Waals surface area contributed by atoms with E-state index in [-0.39, 0.29) is 6.61 Å². The summed E-state index contributed by atoms with van der Waals surface area (Å²) < 4.78 is 11.8. The van der Waals surface area contributed by atoms with Crippen LogP contribution in [0, 0.1) is 11.8 Å². The third kappa shape index (κ3) is 4.11.